The number of rotatable bonds is 2. The molecule has 1 atom stereocenters. The van der Waals surface area contributed by atoms with E-state index in [4.69, 9.17) is 0 Å². The maximum absolute atomic E-state index is 12.5. The van der Waals surface area contributed by atoms with Crippen molar-refractivity contribution in [3.8, 4) is 0 Å². The van der Waals surface area contributed by atoms with Crippen LogP contribution in [0.3, 0.4) is 0 Å². The highest BCUT2D eigenvalue weighted by Gasteiger charge is 2.32. The molecule has 1 aromatic rings. The van der Waals surface area contributed by atoms with E-state index >= 15 is 0 Å². The maximum atomic E-state index is 12.5. The molecule has 0 aliphatic carbocycles. The van der Waals surface area contributed by atoms with Crippen LogP contribution in [0.25, 0.3) is 0 Å². The Morgan fingerprint density at radius 3 is 2.37 bits per heavy atom. The normalized spacial score (nSPS) is 19.3. The third-order valence-corrected chi connectivity index (χ3v) is 3.52. The molecule has 1 heterocycles. The number of carboxylic acid groups (broad SMARTS) is 1. The zero-order chi connectivity index (χ0) is 14.0. The van der Waals surface area contributed by atoms with Crippen LogP contribution >= 0.6 is 0 Å². The van der Waals surface area contributed by atoms with E-state index < -0.39 is 12.0 Å². The summed E-state index contributed by atoms with van der Waals surface area (Å²) in [6.07, 6.45) is 2.29. The third-order valence-electron chi connectivity index (χ3n) is 3.52. The molecule has 1 saturated heterocycles. The van der Waals surface area contributed by atoms with E-state index in [1.165, 1.54) is 4.90 Å². The fourth-order valence-corrected chi connectivity index (χ4v) is 2.70. The van der Waals surface area contributed by atoms with Crippen molar-refractivity contribution in [3.05, 3.63) is 34.9 Å². The summed E-state index contributed by atoms with van der Waals surface area (Å²) in [6.45, 7) is 4.41. The van der Waals surface area contributed by atoms with E-state index in [1.807, 2.05) is 32.0 Å². The highest BCUT2D eigenvalue weighted by Crippen LogP contribution is 2.21. The van der Waals surface area contributed by atoms with Gasteiger partial charge < -0.3 is 10.0 Å². The second kappa shape index (κ2) is 5.43. The number of aliphatic carboxylic acids is 1. The Balaban J connectivity index is 2.28. The molecule has 1 N–H and O–H groups in total. The molecular weight excluding hydrogens is 242 g/mol. The van der Waals surface area contributed by atoms with Gasteiger partial charge in [-0.15, -0.1) is 0 Å². The lowest BCUT2D eigenvalue weighted by atomic mass is 9.99. The van der Waals surface area contributed by atoms with Crippen LogP contribution in [0.5, 0.6) is 0 Å². The minimum atomic E-state index is -0.905. The lowest BCUT2D eigenvalue weighted by Crippen LogP contribution is -2.48. The minimum Gasteiger partial charge on any atom is -0.480 e. The summed E-state index contributed by atoms with van der Waals surface area (Å²) in [6, 6.07) is 4.97. The quantitative estimate of drug-likeness (QED) is 0.889. The first-order valence-corrected chi connectivity index (χ1v) is 6.61. The minimum absolute atomic E-state index is 0.168. The summed E-state index contributed by atoms with van der Waals surface area (Å²) in [5.41, 5.74) is 2.63. The number of hydrogen-bond acceptors (Lipinski definition) is 2. The summed E-state index contributed by atoms with van der Waals surface area (Å²) >= 11 is 0. The van der Waals surface area contributed by atoms with Crippen molar-refractivity contribution in [3.63, 3.8) is 0 Å². The number of benzene rings is 1. The van der Waals surface area contributed by atoms with Gasteiger partial charge in [-0.3, -0.25) is 4.79 Å². The van der Waals surface area contributed by atoms with E-state index in [2.05, 4.69) is 0 Å². The number of carboxylic acids is 1. The van der Waals surface area contributed by atoms with Gasteiger partial charge in [-0.2, -0.15) is 0 Å². The van der Waals surface area contributed by atoms with Crippen molar-refractivity contribution in [2.24, 2.45) is 0 Å². The average molecular weight is 261 g/mol. The van der Waals surface area contributed by atoms with Gasteiger partial charge >= 0.3 is 5.97 Å². The van der Waals surface area contributed by atoms with E-state index in [0.717, 1.165) is 24.0 Å². The number of amides is 1. The number of hydrogen-bond donors (Lipinski definition) is 1. The zero-order valence-corrected chi connectivity index (χ0v) is 11.3. The molecule has 0 aromatic heterocycles. The topological polar surface area (TPSA) is 57.6 Å². The summed E-state index contributed by atoms with van der Waals surface area (Å²) in [4.78, 5) is 25.2. The Hall–Kier alpha value is -1.84. The predicted octanol–water partition coefficient (Wildman–Crippen LogP) is 2.38. The Bertz CT molecular complexity index is 490. The van der Waals surface area contributed by atoms with E-state index in [0.29, 0.717) is 18.5 Å². The van der Waals surface area contributed by atoms with Gasteiger partial charge in [0.15, 0.2) is 0 Å². The number of carbonyl (C=O) groups excluding carboxylic acids is 1. The second-order valence-corrected chi connectivity index (χ2v) is 5.22. The van der Waals surface area contributed by atoms with E-state index in [9.17, 15) is 14.7 Å². The summed E-state index contributed by atoms with van der Waals surface area (Å²) in [5, 5.41) is 9.22. The first-order valence-electron chi connectivity index (χ1n) is 6.61. The lowest BCUT2D eigenvalue weighted by Gasteiger charge is -2.33. The van der Waals surface area contributed by atoms with Crippen LogP contribution in [-0.2, 0) is 4.79 Å². The van der Waals surface area contributed by atoms with Gasteiger partial charge in [0, 0.05) is 12.1 Å². The monoisotopic (exact) mass is 261 g/mol. The van der Waals surface area contributed by atoms with Gasteiger partial charge in [-0.05, 0) is 45.2 Å². The molecule has 0 radical (unpaired) electrons. The first-order chi connectivity index (χ1) is 8.99. The highest BCUT2D eigenvalue weighted by molar-refractivity contribution is 5.97. The van der Waals surface area contributed by atoms with Crippen LogP contribution in [0, 0.1) is 13.8 Å². The van der Waals surface area contributed by atoms with Crippen molar-refractivity contribution >= 4 is 11.9 Å². The molecule has 1 fully saturated rings. The van der Waals surface area contributed by atoms with Crippen LogP contribution in [0.15, 0.2) is 18.2 Å². The Kier molecular flexibility index (Phi) is 3.88. The number of aryl methyl sites for hydroxylation is 2. The number of nitrogens with zero attached hydrogens (tertiary/aromatic N) is 1. The van der Waals surface area contributed by atoms with Crippen LogP contribution in [0.4, 0.5) is 0 Å². The van der Waals surface area contributed by atoms with Gasteiger partial charge in [0.2, 0.25) is 0 Å². The molecule has 1 amide bonds. The molecule has 0 unspecified atom stereocenters. The molecule has 0 saturated carbocycles. The molecule has 2 rings (SSSR count). The van der Waals surface area contributed by atoms with Crippen molar-refractivity contribution in [2.75, 3.05) is 6.54 Å². The molecule has 4 nitrogen and oxygen atoms in total. The number of piperidine rings is 1. The Labute approximate surface area is 113 Å². The number of likely N-dealkylation sites (tertiary alicyclic amines) is 1. The molecule has 19 heavy (non-hydrogen) atoms. The van der Waals surface area contributed by atoms with Gasteiger partial charge in [0.25, 0.3) is 5.91 Å². The van der Waals surface area contributed by atoms with Crippen LogP contribution in [0.2, 0.25) is 0 Å². The van der Waals surface area contributed by atoms with Crippen LogP contribution in [0.1, 0.15) is 40.7 Å². The molecular formula is C15H19NO3. The third kappa shape index (κ3) is 2.95. The molecule has 1 aliphatic rings. The van der Waals surface area contributed by atoms with Crippen molar-refractivity contribution in [1.29, 1.82) is 0 Å². The predicted molar refractivity (Wildman–Crippen MR) is 72.2 cm³/mol. The largest absolute Gasteiger partial charge is 0.480 e. The van der Waals surface area contributed by atoms with Gasteiger partial charge in [-0.1, -0.05) is 17.2 Å². The Morgan fingerprint density at radius 1 is 1.16 bits per heavy atom. The lowest BCUT2D eigenvalue weighted by molar-refractivity contribution is -0.143. The van der Waals surface area contributed by atoms with Gasteiger partial charge in [0.1, 0.15) is 6.04 Å². The van der Waals surface area contributed by atoms with Crippen molar-refractivity contribution < 1.29 is 14.7 Å². The molecule has 1 aromatic carbocycles. The van der Waals surface area contributed by atoms with Crippen molar-refractivity contribution in [2.45, 2.75) is 39.2 Å². The second-order valence-electron chi connectivity index (χ2n) is 5.22. The standard InChI is InChI=1S/C15H19NO3/c1-10-7-11(2)9-12(8-10)14(17)16-6-4-3-5-13(16)15(18)19/h7-9,13H,3-6H2,1-2H3,(H,18,19)/t13-/m0/s1. The fraction of sp³-hybridized carbons (Fsp3) is 0.467. The van der Waals surface area contributed by atoms with Crippen molar-refractivity contribution in [1.82, 2.24) is 4.90 Å². The smallest absolute Gasteiger partial charge is 0.326 e. The van der Waals surface area contributed by atoms with Gasteiger partial charge in [0.05, 0.1) is 0 Å². The Morgan fingerprint density at radius 2 is 1.79 bits per heavy atom. The average Bonchev–Trinajstić information content (AvgIpc) is 2.36. The van der Waals surface area contributed by atoms with Crippen LogP contribution < -0.4 is 0 Å². The number of carbonyl (C=O) groups is 2. The summed E-state index contributed by atoms with van der Waals surface area (Å²) in [7, 11) is 0. The first kappa shape index (κ1) is 13.6. The molecule has 0 bridgehead atoms. The van der Waals surface area contributed by atoms with E-state index in [-0.39, 0.29) is 5.91 Å². The molecule has 0 spiro atoms. The molecule has 1 aliphatic heterocycles. The maximum Gasteiger partial charge on any atom is 0.326 e. The van der Waals surface area contributed by atoms with E-state index in [1.54, 1.807) is 0 Å². The van der Waals surface area contributed by atoms with Crippen LogP contribution in [-0.4, -0.2) is 34.5 Å². The fourth-order valence-electron chi connectivity index (χ4n) is 2.70. The van der Waals surface area contributed by atoms with Gasteiger partial charge in [-0.25, -0.2) is 4.79 Å². The zero-order valence-electron chi connectivity index (χ0n) is 11.3. The highest BCUT2D eigenvalue weighted by atomic mass is 16.4. The summed E-state index contributed by atoms with van der Waals surface area (Å²) in [5.74, 6) is -1.07. The summed E-state index contributed by atoms with van der Waals surface area (Å²) < 4.78 is 0. The molecule has 102 valence electrons. The molecule has 4 heteroatoms. The SMILES string of the molecule is Cc1cc(C)cc(C(=O)N2CCCC[C@H]2C(=O)O)c1.